The van der Waals surface area contributed by atoms with Gasteiger partial charge in [0.1, 0.15) is 0 Å². The van der Waals surface area contributed by atoms with E-state index in [9.17, 15) is 0 Å². The fourth-order valence-corrected chi connectivity index (χ4v) is 6.19. The fourth-order valence-electron chi connectivity index (χ4n) is 2.77. The third-order valence-corrected chi connectivity index (χ3v) is 8.24. The molecule has 0 unspecified atom stereocenters. The lowest BCUT2D eigenvalue weighted by Gasteiger charge is -2.38. The molecule has 0 N–H and O–H groups in total. The van der Waals surface area contributed by atoms with Crippen molar-refractivity contribution < 1.29 is 0 Å². The maximum absolute atomic E-state index is 2.43. The van der Waals surface area contributed by atoms with Gasteiger partial charge in [-0.1, -0.05) is 72.8 Å². The highest BCUT2D eigenvalue weighted by Gasteiger charge is 2.36. The Kier molecular flexibility index (Phi) is 3.57. The highest BCUT2D eigenvalue weighted by Crippen LogP contribution is 2.16. The third kappa shape index (κ3) is 2.23. The lowest BCUT2D eigenvalue weighted by Crippen LogP contribution is -2.65. The zero-order chi connectivity index (χ0) is 13.8. The highest BCUT2D eigenvalue weighted by molar-refractivity contribution is 6.99. The lowest BCUT2D eigenvalue weighted by atomic mass is 10.3. The van der Waals surface area contributed by atoms with Gasteiger partial charge in [0, 0.05) is 0 Å². The van der Waals surface area contributed by atoms with E-state index in [1.807, 2.05) is 0 Å². The molecule has 100 valence electrons. The summed E-state index contributed by atoms with van der Waals surface area (Å²) in [7, 11) is -1.94. The number of allylic oxidation sites excluding steroid dienone is 2. The van der Waals surface area contributed by atoms with E-state index < -0.39 is 8.24 Å². The minimum absolute atomic E-state index is 1.03. The Balaban J connectivity index is 2.15. The largest absolute Gasteiger partial charge is 0.373 e. The Morgan fingerprint density at radius 1 is 0.750 bits per heavy atom. The van der Waals surface area contributed by atoms with Crippen LogP contribution in [0.1, 0.15) is 6.42 Å². The molecule has 1 aliphatic rings. The first kappa shape index (κ1) is 12.9. The van der Waals surface area contributed by atoms with Gasteiger partial charge in [-0.2, -0.15) is 0 Å². The molecule has 0 amide bonds. The summed E-state index contributed by atoms with van der Waals surface area (Å²) in [6.45, 7) is 2.41. The first-order valence-corrected chi connectivity index (χ1v) is 9.49. The van der Waals surface area contributed by atoms with Crippen molar-refractivity contribution in [3.8, 4) is 0 Å². The Morgan fingerprint density at radius 2 is 1.20 bits per heavy atom. The molecule has 0 radical (unpaired) electrons. The normalized spacial score (nSPS) is 14.6. The Bertz CT molecular complexity index is 565. The molecule has 0 saturated carbocycles. The van der Waals surface area contributed by atoms with E-state index in [4.69, 9.17) is 0 Å². The van der Waals surface area contributed by atoms with Gasteiger partial charge in [0.15, 0.2) is 0 Å². The quantitative estimate of drug-likeness (QED) is 0.779. The molecular weight excluding hydrogens is 258 g/mol. The van der Waals surface area contributed by atoms with Crippen molar-refractivity contribution in [2.45, 2.75) is 13.0 Å². The van der Waals surface area contributed by atoms with Crippen LogP contribution in [0.4, 0.5) is 0 Å². The first-order valence-electron chi connectivity index (χ1n) is 7.04. The molecule has 1 heterocycles. The molecule has 0 atom stereocenters. The van der Waals surface area contributed by atoms with Gasteiger partial charge >= 0.3 is 0 Å². The molecule has 0 aliphatic carbocycles. The lowest BCUT2D eigenvalue weighted by molar-refractivity contribution is 0.756. The number of nitrogens with zero attached hydrogens (tertiary/aromatic N) is 1. The zero-order valence-electron chi connectivity index (χ0n) is 11.7. The van der Waals surface area contributed by atoms with E-state index in [1.165, 1.54) is 10.4 Å². The number of hydrogen-bond donors (Lipinski definition) is 0. The van der Waals surface area contributed by atoms with Crippen LogP contribution in [0.2, 0.25) is 6.55 Å². The number of rotatable bonds is 3. The Hall–Kier alpha value is -2.06. The van der Waals surface area contributed by atoms with Crippen molar-refractivity contribution in [3.05, 3.63) is 85.2 Å². The standard InChI is InChI=1S/C18H19NSi/c1-20(17-11-5-2-6-12-17,18-13-7-3-8-14-18)19-15-9-4-10-16-19/h2-3,5-16H,4H2,1H3. The van der Waals surface area contributed by atoms with E-state index in [1.54, 1.807) is 0 Å². The van der Waals surface area contributed by atoms with Crippen LogP contribution in [-0.4, -0.2) is 12.8 Å². The number of hydrogen-bond acceptors (Lipinski definition) is 1. The van der Waals surface area contributed by atoms with E-state index in [2.05, 4.69) is 96.3 Å². The molecule has 0 spiro atoms. The molecule has 2 aromatic rings. The van der Waals surface area contributed by atoms with Crippen LogP contribution in [0.25, 0.3) is 0 Å². The third-order valence-electron chi connectivity index (χ3n) is 3.99. The van der Waals surface area contributed by atoms with Gasteiger partial charge in [-0.3, -0.25) is 0 Å². The second kappa shape index (κ2) is 5.51. The minimum Gasteiger partial charge on any atom is -0.373 e. The maximum atomic E-state index is 2.43. The van der Waals surface area contributed by atoms with Crippen LogP contribution in [0, 0.1) is 0 Å². The summed E-state index contributed by atoms with van der Waals surface area (Å²) in [4.78, 5) is 0. The number of benzene rings is 2. The predicted molar refractivity (Wildman–Crippen MR) is 88.5 cm³/mol. The summed E-state index contributed by atoms with van der Waals surface area (Å²) in [5.74, 6) is 0. The second-order valence-corrected chi connectivity index (χ2v) is 9.03. The van der Waals surface area contributed by atoms with Crippen molar-refractivity contribution >= 4 is 18.6 Å². The second-order valence-electron chi connectivity index (χ2n) is 5.22. The summed E-state index contributed by atoms with van der Waals surface area (Å²) in [5, 5.41) is 2.87. The van der Waals surface area contributed by atoms with Crippen molar-refractivity contribution in [2.24, 2.45) is 0 Å². The van der Waals surface area contributed by atoms with Crippen LogP contribution in [0.5, 0.6) is 0 Å². The highest BCUT2D eigenvalue weighted by atomic mass is 28.3. The summed E-state index contributed by atoms with van der Waals surface area (Å²) in [5.41, 5.74) is 0. The molecule has 0 saturated heterocycles. The molecule has 1 aliphatic heterocycles. The van der Waals surface area contributed by atoms with E-state index >= 15 is 0 Å². The maximum Gasteiger partial charge on any atom is 0.221 e. The summed E-state index contributed by atoms with van der Waals surface area (Å²) in [6.07, 6.45) is 9.98. The van der Waals surface area contributed by atoms with Gasteiger partial charge in [-0.15, -0.1) is 0 Å². The monoisotopic (exact) mass is 277 g/mol. The average Bonchev–Trinajstić information content (AvgIpc) is 2.56. The minimum atomic E-state index is -1.94. The molecule has 3 rings (SSSR count). The smallest absolute Gasteiger partial charge is 0.221 e. The van der Waals surface area contributed by atoms with E-state index in [0.29, 0.717) is 0 Å². The molecule has 1 nitrogen and oxygen atoms in total. The van der Waals surface area contributed by atoms with Crippen LogP contribution < -0.4 is 10.4 Å². The molecule has 0 fully saturated rings. The van der Waals surface area contributed by atoms with Crippen molar-refractivity contribution in [1.29, 1.82) is 0 Å². The van der Waals surface area contributed by atoms with Crippen LogP contribution in [0.15, 0.2) is 85.2 Å². The van der Waals surface area contributed by atoms with Gasteiger partial charge in [0.2, 0.25) is 8.24 Å². The average molecular weight is 277 g/mol. The van der Waals surface area contributed by atoms with Crippen molar-refractivity contribution in [3.63, 3.8) is 0 Å². The summed E-state index contributed by atoms with van der Waals surface area (Å²) in [6, 6.07) is 21.8. The Morgan fingerprint density at radius 3 is 1.65 bits per heavy atom. The van der Waals surface area contributed by atoms with Gasteiger partial charge < -0.3 is 4.57 Å². The zero-order valence-corrected chi connectivity index (χ0v) is 12.7. The summed E-state index contributed by atoms with van der Waals surface area (Å²) >= 11 is 0. The molecule has 2 heteroatoms. The predicted octanol–water partition coefficient (Wildman–Crippen LogP) is 3.11. The topological polar surface area (TPSA) is 3.24 Å². The van der Waals surface area contributed by atoms with Crippen LogP contribution in [-0.2, 0) is 0 Å². The molecule has 0 bridgehead atoms. The molecule has 2 aromatic carbocycles. The SMILES string of the molecule is C[Si](c1ccccc1)(c1ccccc1)N1C=CCC=C1. The molecular formula is C18H19NSi. The van der Waals surface area contributed by atoms with Crippen molar-refractivity contribution in [1.82, 2.24) is 4.57 Å². The fraction of sp³-hybridized carbons (Fsp3) is 0.111. The summed E-state index contributed by atoms with van der Waals surface area (Å²) < 4.78 is 2.43. The van der Waals surface area contributed by atoms with Gasteiger partial charge in [-0.25, -0.2) is 0 Å². The van der Waals surface area contributed by atoms with Gasteiger partial charge in [-0.05, 0) is 35.7 Å². The van der Waals surface area contributed by atoms with Crippen molar-refractivity contribution in [2.75, 3.05) is 0 Å². The van der Waals surface area contributed by atoms with E-state index in [-0.39, 0.29) is 0 Å². The molecule has 20 heavy (non-hydrogen) atoms. The van der Waals surface area contributed by atoms with Gasteiger partial charge in [0.25, 0.3) is 0 Å². The van der Waals surface area contributed by atoms with Gasteiger partial charge in [0.05, 0.1) is 0 Å². The van der Waals surface area contributed by atoms with E-state index in [0.717, 1.165) is 6.42 Å². The Labute approximate surface area is 122 Å². The molecule has 0 aromatic heterocycles. The first-order chi connectivity index (χ1) is 9.82. The van der Waals surface area contributed by atoms with Crippen LogP contribution in [0.3, 0.4) is 0 Å². The van der Waals surface area contributed by atoms with Crippen LogP contribution >= 0.6 is 0 Å².